The molecule has 0 fully saturated rings. The normalized spacial score (nSPS) is 10.3. The maximum atomic E-state index is 10.9. The molecule has 2 aromatic heterocycles. The summed E-state index contributed by atoms with van der Waals surface area (Å²) in [5.41, 5.74) is 2.49. The third-order valence-corrected chi connectivity index (χ3v) is 3.31. The molecule has 3 aromatic rings. The van der Waals surface area contributed by atoms with Crippen molar-refractivity contribution in [2.45, 2.75) is 0 Å². The Morgan fingerprint density at radius 1 is 1.21 bits per heavy atom. The van der Waals surface area contributed by atoms with E-state index in [4.69, 9.17) is 5.11 Å². The predicted octanol–water partition coefficient (Wildman–Crippen LogP) is 3.43. The minimum Gasteiger partial charge on any atom is -0.478 e. The molecule has 0 radical (unpaired) electrons. The molecule has 0 bridgehead atoms. The zero-order chi connectivity index (χ0) is 17.1. The van der Waals surface area contributed by atoms with Gasteiger partial charge < -0.3 is 15.4 Å². The summed E-state index contributed by atoms with van der Waals surface area (Å²) < 4.78 is 0. The molecule has 0 spiro atoms. The number of benzene rings is 1. The lowest BCUT2D eigenvalue weighted by Crippen LogP contribution is -1.94. The van der Waals surface area contributed by atoms with Gasteiger partial charge in [0.25, 0.3) is 5.69 Å². The molecule has 0 aliphatic heterocycles. The number of non-ortho nitro benzene ring substituents is 1. The summed E-state index contributed by atoms with van der Waals surface area (Å²) in [7, 11) is 0. The van der Waals surface area contributed by atoms with Crippen molar-refractivity contribution >= 4 is 23.0 Å². The van der Waals surface area contributed by atoms with Gasteiger partial charge in [-0.3, -0.25) is 15.1 Å². The summed E-state index contributed by atoms with van der Waals surface area (Å²) in [5.74, 6) is -1.02. The van der Waals surface area contributed by atoms with E-state index in [0.717, 1.165) is 0 Å². The van der Waals surface area contributed by atoms with E-state index < -0.39 is 10.9 Å². The number of hydrogen-bond donors (Lipinski definition) is 3. The van der Waals surface area contributed by atoms with Crippen LogP contribution in [0.15, 0.2) is 54.9 Å². The molecule has 120 valence electrons. The summed E-state index contributed by atoms with van der Waals surface area (Å²) in [5, 5.41) is 22.8. The fourth-order valence-electron chi connectivity index (χ4n) is 2.19. The second kappa shape index (κ2) is 6.21. The lowest BCUT2D eigenvalue weighted by atomic mass is 10.2. The Hall–Kier alpha value is -3.68. The molecule has 0 aliphatic carbocycles. The lowest BCUT2D eigenvalue weighted by Gasteiger charge is -2.07. The smallest absolute Gasteiger partial charge is 0.337 e. The van der Waals surface area contributed by atoms with Gasteiger partial charge in [-0.25, -0.2) is 4.79 Å². The highest BCUT2D eigenvalue weighted by Crippen LogP contribution is 2.24. The van der Waals surface area contributed by atoms with Crippen molar-refractivity contribution in [3.8, 4) is 11.4 Å². The van der Waals surface area contributed by atoms with Crippen LogP contribution in [0.4, 0.5) is 17.1 Å². The highest BCUT2D eigenvalue weighted by molar-refractivity contribution is 5.89. The van der Waals surface area contributed by atoms with Gasteiger partial charge in [0.1, 0.15) is 0 Å². The van der Waals surface area contributed by atoms with Crippen molar-refractivity contribution in [2.24, 2.45) is 0 Å². The van der Waals surface area contributed by atoms with E-state index in [1.165, 1.54) is 24.4 Å². The fraction of sp³-hybridized carbons (Fsp3) is 0. The summed E-state index contributed by atoms with van der Waals surface area (Å²) in [6, 6.07) is 11.1. The Balaban J connectivity index is 1.86. The van der Waals surface area contributed by atoms with Crippen LogP contribution in [-0.2, 0) is 0 Å². The molecule has 1 aromatic carbocycles. The highest BCUT2D eigenvalue weighted by atomic mass is 16.6. The van der Waals surface area contributed by atoms with E-state index >= 15 is 0 Å². The zero-order valence-electron chi connectivity index (χ0n) is 12.3. The molecule has 24 heavy (non-hydrogen) atoms. The molecule has 0 unspecified atom stereocenters. The number of carboxylic acids is 1. The van der Waals surface area contributed by atoms with Crippen molar-refractivity contribution < 1.29 is 14.8 Å². The number of carboxylic acid groups (broad SMARTS) is 1. The molecular formula is C16H12N4O4. The Bertz CT molecular complexity index is 920. The van der Waals surface area contributed by atoms with Crippen LogP contribution in [0.3, 0.4) is 0 Å². The molecule has 2 heterocycles. The number of nitro benzene ring substituents is 1. The largest absolute Gasteiger partial charge is 0.478 e. The van der Waals surface area contributed by atoms with Crippen LogP contribution in [0.2, 0.25) is 0 Å². The van der Waals surface area contributed by atoms with Crippen molar-refractivity contribution in [3.05, 3.63) is 70.5 Å². The van der Waals surface area contributed by atoms with E-state index in [2.05, 4.69) is 15.3 Å². The molecule has 3 rings (SSSR count). The average Bonchev–Trinajstić information content (AvgIpc) is 3.06. The summed E-state index contributed by atoms with van der Waals surface area (Å²) in [6.07, 6.45) is 2.95. The molecule has 0 saturated carbocycles. The molecule has 8 nitrogen and oxygen atoms in total. The third kappa shape index (κ3) is 3.22. The zero-order valence-corrected chi connectivity index (χ0v) is 12.3. The van der Waals surface area contributed by atoms with Crippen LogP contribution in [-0.4, -0.2) is 26.0 Å². The van der Waals surface area contributed by atoms with Crippen LogP contribution >= 0.6 is 0 Å². The Morgan fingerprint density at radius 2 is 2.00 bits per heavy atom. The van der Waals surface area contributed by atoms with Gasteiger partial charge >= 0.3 is 5.97 Å². The number of rotatable bonds is 5. The van der Waals surface area contributed by atoms with Gasteiger partial charge in [-0.2, -0.15) is 0 Å². The Kier molecular flexibility index (Phi) is 3.94. The molecule has 0 saturated heterocycles. The number of pyridine rings is 1. The van der Waals surface area contributed by atoms with Crippen LogP contribution in [0, 0.1) is 10.1 Å². The summed E-state index contributed by atoms with van der Waals surface area (Å²) in [4.78, 5) is 28.3. The first-order valence-electron chi connectivity index (χ1n) is 6.92. The number of nitrogens with zero attached hydrogens (tertiary/aromatic N) is 2. The first-order chi connectivity index (χ1) is 11.5. The highest BCUT2D eigenvalue weighted by Gasteiger charge is 2.10. The minimum atomic E-state index is -1.02. The topological polar surface area (TPSA) is 121 Å². The quantitative estimate of drug-likeness (QED) is 0.488. The fourth-order valence-corrected chi connectivity index (χ4v) is 2.19. The van der Waals surface area contributed by atoms with Crippen molar-refractivity contribution in [1.29, 1.82) is 0 Å². The molecule has 8 heteroatoms. The van der Waals surface area contributed by atoms with Gasteiger partial charge in [0, 0.05) is 35.9 Å². The number of aromatic amines is 1. The molecule has 3 N–H and O–H groups in total. The van der Waals surface area contributed by atoms with Gasteiger partial charge in [0.15, 0.2) is 0 Å². The first-order valence-corrected chi connectivity index (χ1v) is 6.92. The number of aromatic nitrogens is 2. The number of nitro groups is 1. The summed E-state index contributed by atoms with van der Waals surface area (Å²) >= 11 is 0. The van der Waals surface area contributed by atoms with Gasteiger partial charge in [-0.1, -0.05) is 6.07 Å². The van der Waals surface area contributed by atoms with Crippen LogP contribution in [0.5, 0.6) is 0 Å². The van der Waals surface area contributed by atoms with Crippen LogP contribution < -0.4 is 5.32 Å². The molecule has 0 aliphatic rings. The van der Waals surface area contributed by atoms with Crippen molar-refractivity contribution in [1.82, 2.24) is 9.97 Å². The van der Waals surface area contributed by atoms with Crippen molar-refractivity contribution in [2.75, 3.05) is 5.32 Å². The predicted molar refractivity (Wildman–Crippen MR) is 87.4 cm³/mol. The second-order valence-corrected chi connectivity index (χ2v) is 4.97. The monoisotopic (exact) mass is 324 g/mol. The van der Waals surface area contributed by atoms with E-state index in [1.807, 2.05) is 0 Å². The maximum Gasteiger partial charge on any atom is 0.337 e. The number of hydrogen-bond acceptors (Lipinski definition) is 5. The van der Waals surface area contributed by atoms with Crippen molar-refractivity contribution in [3.63, 3.8) is 0 Å². The number of carbonyl (C=O) groups is 1. The SMILES string of the molecule is O=C(O)c1c[nH]c(-c2cc(Nc3cccc([N+](=O)[O-])c3)ccn2)c1. The van der Waals surface area contributed by atoms with Gasteiger partial charge in [0.2, 0.25) is 0 Å². The van der Waals surface area contributed by atoms with Gasteiger partial charge in [-0.05, 0) is 24.3 Å². The van der Waals surface area contributed by atoms with Gasteiger partial charge in [-0.15, -0.1) is 0 Å². The minimum absolute atomic E-state index is 0.00949. The van der Waals surface area contributed by atoms with E-state index in [-0.39, 0.29) is 11.3 Å². The van der Waals surface area contributed by atoms with E-state index in [9.17, 15) is 14.9 Å². The Labute approximate surface area is 135 Å². The first kappa shape index (κ1) is 15.2. The molecular weight excluding hydrogens is 312 g/mol. The lowest BCUT2D eigenvalue weighted by molar-refractivity contribution is -0.384. The average molecular weight is 324 g/mol. The number of nitrogens with one attached hydrogen (secondary N) is 2. The van der Waals surface area contributed by atoms with Gasteiger partial charge in [0.05, 0.1) is 21.9 Å². The van der Waals surface area contributed by atoms with E-state index in [1.54, 1.807) is 30.5 Å². The number of aromatic carboxylic acids is 1. The standard InChI is InChI=1S/C16H12N4O4/c21-16(22)10-6-14(18-9-10)15-8-12(4-5-17-15)19-11-2-1-3-13(7-11)20(23)24/h1-9,18H,(H,17,19)(H,21,22). The number of H-pyrrole nitrogens is 1. The molecule has 0 amide bonds. The number of anilines is 2. The van der Waals surface area contributed by atoms with Crippen LogP contribution in [0.1, 0.15) is 10.4 Å². The maximum absolute atomic E-state index is 10.9. The van der Waals surface area contributed by atoms with E-state index in [0.29, 0.717) is 22.8 Å². The second-order valence-electron chi connectivity index (χ2n) is 4.97. The van der Waals surface area contributed by atoms with Crippen LogP contribution in [0.25, 0.3) is 11.4 Å². The third-order valence-electron chi connectivity index (χ3n) is 3.31. The Morgan fingerprint density at radius 3 is 2.71 bits per heavy atom. The molecule has 0 atom stereocenters. The summed E-state index contributed by atoms with van der Waals surface area (Å²) in [6.45, 7) is 0.